The Bertz CT molecular complexity index is 974. The van der Waals surface area contributed by atoms with Crippen LogP contribution in [0.3, 0.4) is 0 Å². The minimum atomic E-state index is -4.55. The summed E-state index contributed by atoms with van der Waals surface area (Å²) >= 11 is 0. The molecule has 2 saturated heterocycles. The van der Waals surface area contributed by atoms with Crippen molar-refractivity contribution in [3.63, 3.8) is 0 Å². The van der Waals surface area contributed by atoms with E-state index in [9.17, 15) is 18.0 Å². The monoisotopic (exact) mass is 452 g/mol. The van der Waals surface area contributed by atoms with Crippen LogP contribution in [0.25, 0.3) is 0 Å². The minimum absolute atomic E-state index is 0.226. The molecule has 0 aliphatic carbocycles. The molecule has 172 valence electrons. The van der Waals surface area contributed by atoms with Gasteiger partial charge >= 0.3 is 12.3 Å². The fourth-order valence-corrected chi connectivity index (χ4v) is 4.22. The Balaban J connectivity index is 1.41. The van der Waals surface area contributed by atoms with Crippen molar-refractivity contribution < 1.29 is 32.2 Å². The number of carbonyl (C=O) groups is 1. The van der Waals surface area contributed by atoms with Gasteiger partial charge in [0.15, 0.2) is 12.4 Å². The third-order valence-corrected chi connectivity index (χ3v) is 5.69. The molecule has 4 heterocycles. The molecule has 0 N–H and O–H groups in total. The van der Waals surface area contributed by atoms with Gasteiger partial charge in [-0.1, -0.05) is 0 Å². The molecule has 0 radical (unpaired) electrons. The summed E-state index contributed by atoms with van der Waals surface area (Å²) in [5.41, 5.74) is 1.34. The van der Waals surface area contributed by atoms with Crippen LogP contribution in [0, 0.1) is 13.8 Å². The van der Waals surface area contributed by atoms with Gasteiger partial charge in [-0.3, -0.25) is 4.98 Å². The van der Waals surface area contributed by atoms with Gasteiger partial charge < -0.3 is 19.1 Å². The quantitative estimate of drug-likeness (QED) is 0.666. The lowest BCUT2D eigenvalue weighted by Gasteiger charge is -2.38. The summed E-state index contributed by atoms with van der Waals surface area (Å²) in [6, 6.07) is 3.10. The summed E-state index contributed by atoms with van der Waals surface area (Å²) in [6.07, 6.45) is -0.321. The highest BCUT2D eigenvalue weighted by atomic mass is 19.4. The van der Waals surface area contributed by atoms with E-state index in [2.05, 4.69) is 19.7 Å². The largest absolute Gasteiger partial charge is 0.474 e. The first-order chi connectivity index (χ1) is 15.2. The number of pyridine rings is 1. The number of hydrogen-bond donors (Lipinski definition) is 0. The summed E-state index contributed by atoms with van der Waals surface area (Å²) in [7, 11) is 0. The number of piperidine rings is 1. The van der Waals surface area contributed by atoms with E-state index in [0.717, 1.165) is 0 Å². The molecule has 2 aromatic rings. The Hall–Kier alpha value is -3.11. The van der Waals surface area contributed by atoms with Crippen LogP contribution in [-0.4, -0.2) is 56.9 Å². The topological polar surface area (TPSA) is 86.7 Å². The van der Waals surface area contributed by atoms with Crippen molar-refractivity contribution in [2.45, 2.75) is 63.9 Å². The Kier molecular flexibility index (Phi) is 6.07. The lowest BCUT2D eigenvalue weighted by molar-refractivity contribution is -0.163. The van der Waals surface area contributed by atoms with Gasteiger partial charge in [0.1, 0.15) is 12.4 Å². The number of alkyl halides is 3. The summed E-state index contributed by atoms with van der Waals surface area (Å²) < 4.78 is 53.6. The first kappa shape index (κ1) is 22.1. The van der Waals surface area contributed by atoms with Crippen LogP contribution in [0.4, 0.5) is 18.0 Å². The summed E-state index contributed by atoms with van der Waals surface area (Å²) in [6.45, 7) is 2.03. The molecule has 8 nitrogen and oxygen atoms in total. The number of amides is 1. The minimum Gasteiger partial charge on any atom is -0.474 e. The molecule has 1 amide bonds. The predicted octanol–water partition coefficient (Wildman–Crippen LogP) is 4.35. The molecular weight excluding hydrogens is 429 g/mol. The molecule has 4 rings (SSSR count). The highest BCUT2D eigenvalue weighted by Gasteiger charge is 2.46. The number of carbonyl (C=O) groups excluding carboxylic acids is 1. The van der Waals surface area contributed by atoms with Gasteiger partial charge in [-0.2, -0.15) is 13.2 Å². The molecule has 1 unspecified atom stereocenters. The summed E-state index contributed by atoms with van der Waals surface area (Å²) in [5.74, 6) is 1.29. The van der Waals surface area contributed by atoms with E-state index in [0.29, 0.717) is 54.5 Å². The lowest BCUT2D eigenvalue weighted by atomic mass is 10.0. The molecule has 2 aliphatic rings. The second-order valence-corrected chi connectivity index (χ2v) is 7.97. The van der Waals surface area contributed by atoms with Crippen LogP contribution in [0.2, 0.25) is 0 Å². The smallest absolute Gasteiger partial charge is 0.422 e. The van der Waals surface area contributed by atoms with Crippen molar-refractivity contribution in [2.24, 2.45) is 0 Å². The highest BCUT2D eigenvalue weighted by Crippen LogP contribution is 2.38. The Morgan fingerprint density at radius 3 is 2.47 bits per heavy atom. The normalized spacial score (nSPS) is 22.5. The first-order valence-electron chi connectivity index (χ1n) is 10.3. The summed E-state index contributed by atoms with van der Waals surface area (Å²) in [4.78, 5) is 26.2. The SMILES string of the molecule is Cc1ncccc1Oc1ncnc(OC2C[C@H]3CC[C@@H](C2)N3C(=O)OCC(F)(F)F)c1C. The van der Waals surface area contributed by atoms with E-state index in [4.69, 9.17) is 9.47 Å². The van der Waals surface area contributed by atoms with Crippen molar-refractivity contribution in [2.75, 3.05) is 6.61 Å². The number of aryl methyl sites for hydroxylation is 1. The van der Waals surface area contributed by atoms with Crippen molar-refractivity contribution in [1.29, 1.82) is 0 Å². The average Bonchev–Trinajstić information content (AvgIpc) is 3.01. The molecule has 0 aromatic carbocycles. The van der Waals surface area contributed by atoms with Gasteiger partial charge in [0.05, 0.1) is 11.3 Å². The third kappa shape index (κ3) is 4.86. The maximum atomic E-state index is 12.4. The van der Waals surface area contributed by atoms with Gasteiger partial charge in [-0.15, -0.1) is 0 Å². The Labute approximate surface area is 182 Å². The fourth-order valence-electron chi connectivity index (χ4n) is 4.22. The van der Waals surface area contributed by atoms with E-state index in [-0.39, 0.29) is 18.2 Å². The van der Waals surface area contributed by atoms with E-state index in [1.165, 1.54) is 11.2 Å². The van der Waals surface area contributed by atoms with Gasteiger partial charge in [0.25, 0.3) is 0 Å². The number of halogens is 3. The number of ether oxygens (including phenoxy) is 3. The molecule has 11 heteroatoms. The zero-order valence-electron chi connectivity index (χ0n) is 17.6. The number of fused-ring (bicyclic) bond motifs is 2. The maximum absolute atomic E-state index is 12.4. The number of nitrogens with zero attached hydrogens (tertiary/aromatic N) is 4. The Morgan fingerprint density at radius 1 is 1.12 bits per heavy atom. The second kappa shape index (κ2) is 8.79. The van der Waals surface area contributed by atoms with E-state index in [1.807, 2.05) is 6.92 Å². The molecule has 0 saturated carbocycles. The standard InChI is InChI=1S/C21H23F3N4O4/c1-12-18(26-11-27-19(12)32-17-4-3-7-25-13(17)2)31-16-8-14-5-6-15(9-16)28(14)20(29)30-10-21(22,23)24/h3-4,7,11,14-16H,5-6,8-10H2,1-2H3/t14-,15+,16?. The van der Waals surface area contributed by atoms with Crippen molar-refractivity contribution in [3.05, 3.63) is 35.9 Å². The zero-order chi connectivity index (χ0) is 22.9. The van der Waals surface area contributed by atoms with E-state index in [1.54, 1.807) is 25.3 Å². The maximum Gasteiger partial charge on any atom is 0.422 e. The average molecular weight is 452 g/mol. The van der Waals surface area contributed by atoms with Crippen LogP contribution < -0.4 is 9.47 Å². The number of hydrogen-bond acceptors (Lipinski definition) is 7. The number of aromatic nitrogens is 3. The molecular formula is C21H23F3N4O4. The van der Waals surface area contributed by atoms with Crippen LogP contribution >= 0.6 is 0 Å². The molecule has 2 aromatic heterocycles. The van der Waals surface area contributed by atoms with E-state index >= 15 is 0 Å². The summed E-state index contributed by atoms with van der Waals surface area (Å²) in [5, 5.41) is 0. The molecule has 2 fully saturated rings. The molecule has 2 bridgehead atoms. The molecule has 3 atom stereocenters. The van der Waals surface area contributed by atoms with Gasteiger partial charge in [-0.05, 0) is 38.8 Å². The van der Waals surface area contributed by atoms with Crippen LogP contribution in [-0.2, 0) is 4.74 Å². The van der Waals surface area contributed by atoms with Crippen LogP contribution in [0.5, 0.6) is 17.5 Å². The van der Waals surface area contributed by atoms with Crippen LogP contribution in [0.15, 0.2) is 24.7 Å². The number of rotatable bonds is 5. The zero-order valence-corrected chi connectivity index (χ0v) is 17.6. The van der Waals surface area contributed by atoms with Gasteiger partial charge in [-0.25, -0.2) is 14.8 Å². The van der Waals surface area contributed by atoms with Crippen molar-refractivity contribution in [1.82, 2.24) is 19.9 Å². The van der Waals surface area contributed by atoms with Gasteiger partial charge in [0.2, 0.25) is 11.8 Å². The lowest BCUT2D eigenvalue weighted by Crippen LogP contribution is -2.50. The Morgan fingerprint density at radius 2 is 1.81 bits per heavy atom. The van der Waals surface area contributed by atoms with Gasteiger partial charge in [0, 0.05) is 31.1 Å². The van der Waals surface area contributed by atoms with E-state index < -0.39 is 18.9 Å². The second-order valence-electron chi connectivity index (χ2n) is 7.97. The first-order valence-corrected chi connectivity index (χ1v) is 10.3. The predicted molar refractivity (Wildman–Crippen MR) is 106 cm³/mol. The third-order valence-electron chi connectivity index (χ3n) is 5.69. The molecule has 0 spiro atoms. The molecule has 32 heavy (non-hydrogen) atoms. The fraction of sp³-hybridized carbons (Fsp3) is 0.524. The highest BCUT2D eigenvalue weighted by molar-refractivity contribution is 5.69. The molecule has 2 aliphatic heterocycles. The van der Waals surface area contributed by atoms with Crippen molar-refractivity contribution >= 4 is 6.09 Å². The van der Waals surface area contributed by atoms with Crippen molar-refractivity contribution in [3.8, 4) is 17.5 Å². The van der Waals surface area contributed by atoms with Crippen LogP contribution in [0.1, 0.15) is 36.9 Å².